The summed E-state index contributed by atoms with van der Waals surface area (Å²) in [5.74, 6) is -0.381. The molecule has 374 valence electrons. The first kappa shape index (κ1) is 57.6. The molecule has 0 saturated carbocycles. The maximum Gasteiger partial charge on any atom is 0.330 e. The molecule has 0 amide bonds. The Kier molecular flexibility index (Phi) is 25.5. The zero-order valence-corrected chi connectivity index (χ0v) is 43.3. The fourth-order valence-electron chi connectivity index (χ4n) is 6.45. The number of ether oxygens (including phenoxy) is 1. The SMILES string of the molecule is COC(=O)C=Cc1ccc(C(C)(C)C)cc1NC(C)C.O=C(C=Cc1ccccc1)C=Cc1ccccc1.O=C(C=Cc1ccccc1)C=Cc1ccccc1.O=C(C=Cc1ccccc1)C=Cc1ccccc1. The summed E-state index contributed by atoms with van der Waals surface area (Å²) in [6.07, 6.45) is 23.6. The van der Waals surface area contributed by atoms with Gasteiger partial charge in [0.15, 0.2) is 17.3 Å². The second-order valence-corrected chi connectivity index (χ2v) is 17.9. The quantitative estimate of drug-likeness (QED) is 0.0766. The van der Waals surface area contributed by atoms with E-state index in [1.54, 1.807) is 42.5 Å². The number of methoxy groups -OCH3 is 1. The molecule has 1 N–H and O–H groups in total. The van der Waals surface area contributed by atoms with E-state index >= 15 is 0 Å². The van der Waals surface area contributed by atoms with Gasteiger partial charge in [-0.3, -0.25) is 14.4 Å². The predicted molar refractivity (Wildman–Crippen MR) is 313 cm³/mol. The molecule has 0 bridgehead atoms. The smallest absolute Gasteiger partial charge is 0.330 e. The Bertz CT molecular complexity index is 2570. The number of benzene rings is 7. The van der Waals surface area contributed by atoms with E-state index in [9.17, 15) is 19.2 Å². The number of anilines is 1. The van der Waals surface area contributed by atoms with Crippen molar-refractivity contribution in [1.29, 1.82) is 0 Å². The third kappa shape index (κ3) is 24.7. The van der Waals surface area contributed by atoms with Crippen LogP contribution in [0.2, 0.25) is 0 Å². The molecule has 0 unspecified atom stereocenters. The number of hydrogen-bond acceptors (Lipinski definition) is 6. The van der Waals surface area contributed by atoms with Gasteiger partial charge in [0.1, 0.15) is 0 Å². The van der Waals surface area contributed by atoms with Crippen molar-refractivity contribution in [1.82, 2.24) is 0 Å². The van der Waals surface area contributed by atoms with E-state index < -0.39 is 0 Å². The second-order valence-electron chi connectivity index (χ2n) is 17.9. The Morgan fingerprint density at radius 1 is 0.392 bits per heavy atom. The molecule has 0 fully saturated rings. The lowest BCUT2D eigenvalue weighted by molar-refractivity contribution is -0.134. The van der Waals surface area contributed by atoms with Gasteiger partial charge in [-0.15, -0.1) is 0 Å². The topological polar surface area (TPSA) is 89.5 Å². The van der Waals surface area contributed by atoms with Gasteiger partial charge in [0.2, 0.25) is 0 Å². The Morgan fingerprint density at radius 3 is 0.892 bits per heavy atom. The summed E-state index contributed by atoms with van der Waals surface area (Å²) < 4.78 is 4.62. The molecule has 0 radical (unpaired) electrons. The average molecular weight is 978 g/mol. The third-order valence-electron chi connectivity index (χ3n) is 10.4. The largest absolute Gasteiger partial charge is 0.466 e. The van der Waals surface area contributed by atoms with Crippen LogP contribution in [0.25, 0.3) is 42.5 Å². The van der Waals surface area contributed by atoms with Gasteiger partial charge in [0.25, 0.3) is 0 Å². The van der Waals surface area contributed by atoms with E-state index in [1.165, 1.54) is 18.7 Å². The van der Waals surface area contributed by atoms with Gasteiger partial charge < -0.3 is 10.1 Å². The molecule has 0 spiro atoms. The third-order valence-corrected chi connectivity index (χ3v) is 10.4. The number of allylic oxidation sites excluding steroid dienone is 6. The highest BCUT2D eigenvalue weighted by Crippen LogP contribution is 2.28. The van der Waals surface area contributed by atoms with E-state index in [4.69, 9.17) is 0 Å². The number of nitrogens with one attached hydrogen (secondary N) is 1. The molecule has 0 aromatic heterocycles. The number of rotatable bonds is 16. The molecule has 0 aliphatic carbocycles. The minimum absolute atomic E-state index is 0.0114. The Balaban J connectivity index is 0.000000214. The van der Waals surface area contributed by atoms with Crippen molar-refractivity contribution in [2.24, 2.45) is 0 Å². The van der Waals surface area contributed by atoms with Gasteiger partial charge in [0.05, 0.1) is 7.11 Å². The lowest BCUT2D eigenvalue weighted by atomic mass is 9.86. The van der Waals surface area contributed by atoms with Crippen molar-refractivity contribution in [3.8, 4) is 0 Å². The number of ketones is 3. The highest BCUT2D eigenvalue weighted by atomic mass is 16.5. The molecular weight excluding hydrogens is 911 g/mol. The normalized spacial score (nSPS) is 11.3. The lowest BCUT2D eigenvalue weighted by Gasteiger charge is -2.22. The van der Waals surface area contributed by atoms with Gasteiger partial charge in [-0.2, -0.15) is 0 Å². The molecule has 6 heteroatoms. The summed E-state index contributed by atoms with van der Waals surface area (Å²) >= 11 is 0. The number of carbonyl (C=O) groups excluding carboxylic acids is 4. The molecule has 0 heterocycles. The number of esters is 1. The monoisotopic (exact) mass is 978 g/mol. The first-order valence-electron chi connectivity index (χ1n) is 24.4. The van der Waals surface area contributed by atoms with Crippen LogP contribution in [0.3, 0.4) is 0 Å². The molecule has 0 atom stereocenters. The average Bonchev–Trinajstić information content (AvgIpc) is 3.43. The summed E-state index contributed by atoms with van der Waals surface area (Å²) in [5, 5.41) is 3.42. The van der Waals surface area contributed by atoms with Crippen molar-refractivity contribution >= 4 is 71.5 Å². The molecule has 0 aliphatic heterocycles. The van der Waals surface area contributed by atoms with Crippen LogP contribution in [-0.4, -0.2) is 36.5 Å². The number of hydrogen-bond donors (Lipinski definition) is 1. The van der Waals surface area contributed by atoms with Crippen LogP contribution in [-0.2, 0) is 29.3 Å². The molecule has 0 saturated heterocycles. The van der Waals surface area contributed by atoms with E-state index in [1.807, 2.05) is 225 Å². The van der Waals surface area contributed by atoms with E-state index in [0.29, 0.717) is 6.04 Å². The molecule has 74 heavy (non-hydrogen) atoms. The van der Waals surface area contributed by atoms with Crippen molar-refractivity contribution in [2.75, 3.05) is 12.4 Å². The standard InChI is InChI=1S/C17H25NO2.3C17H14O/c1-12(2)18-15-11-14(17(3,4)5)9-7-13(15)8-10-16(19)20-6;3*18-17(13-11-15-7-3-1-4-8-15)14-12-16-9-5-2-6-10-16/h7-12,18H,1-6H3;3*1-14H. The highest BCUT2D eigenvalue weighted by molar-refractivity contribution is 6.05. The van der Waals surface area contributed by atoms with E-state index in [0.717, 1.165) is 44.6 Å². The molecule has 0 aliphatic rings. The molecule has 7 rings (SSSR count). The number of carbonyl (C=O) groups is 4. The van der Waals surface area contributed by atoms with Gasteiger partial charge in [-0.05, 0) is 112 Å². The molecule has 7 aromatic rings. The van der Waals surface area contributed by atoms with Crippen molar-refractivity contribution in [2.45, 2.75) is 46.1 Å². The van der Waals surface area contributed by atoms with E-state index in [2.05, 4.69) is 56.8 Å². The fraction of sp³-hybridized carbons (Fsp3) is 0.118. The van der Waals surface area contributed by atoms with Gasteiger partial charge in [-0.25, -0.2) is 4.79 Å². The van der Waals surface area contributed by atoms with Crippen LogP contribution in [0.15, 0.2) is 243 Å². The molecular formula is C68H67NO5. The molecule has 6 nitrogen and oxygen atoms in total. The maximum absolute atomic E-state index is 11.6. The van der Waals surface area contributed by atoms with Crippen molar-refractivity contribution in [3.63, 3.8) is 0 Å². The fourth-order valence-corrected chi connectivity index (χ4v) is 6.45. The van der Waals surface area contributed by atoms with Gasteiger partial charge >= 0.3 is 5.97 Å². The molecule has 7 aromatic carbocycles. The Labute approximate surface area is 439 Å². The summed E-state index contributed by atoms with van der Waals surface area (Å²) in [7, 11) is 1.38. The Hall–Kier alpha value is -9.00. The van der Waals surface area contributed by atoms with Crippen LogP contribution in [0, 0.1) is 0 Å². The summed E-state index contributed by atoms with van der Waals surface area (Å²) in [5.41, 5.74) is 9.53. The first-order valence-corrected chi connectivity index (χ1v) is 24.4. The van der Waals surface area contributed by atoms with Crippen molar-refractivity contribution < 1.29 is 23.9 Å². The minimum Gasteiger partial charge on any atom is -0.466 e. The van der Waals surface area contributed by atoms with Crippen LogP contribution in [0.5, 0.6) is 0 Å². The Morgan fingerprint density at radius 2 is 0.662 bits per heavy atom. The minimum atomic E-state index is -0.347. The van der Waals surface area contributed by atoms with Crippen LogP contribution in [0.4, 0.5) is 5.69 Å². The van der Waals surface area contributed by atoms with Crippen LogP contribution >= 0.6 is 0 Å². The summed E-state index contributed by atoms with van der Waals surface area (Å²) in [4.78, 5) is 46.1. The van der Waals surface area contributed by atoms with Gasteiger partial charge in [-0.1, -0.05) is 251 Å². The highest BCUT2D eigenvalue weighted by Gasteiger charge is 2.15. The van der Waals surface area contributed by atoms with E-state index in [-0.39, 0.29) is 28.7 Å². The lowest BCUT2D eigenvalue weighted by Crippen LogP contribution is -2.15. The zero-order chi connectivity index (χ0) is 53.2. The predicted octanol–water partition coefficient (Wildman–Crippen LogP) is 15.9. The van der Waals surface area contributed by atoms with Crippen LogP contribution < -0.4 is 5.32 Å². The summed E-state index contributed by atoms with van der Waals surface area (Å²) in [6, 6.07) is 65.3. The van der Waals surface area contributed by atoms with Crippen molar-refractivity contribution in [3.05, 3.63) is 287 Å². The second kappa shape index (κ2) is 32.8. The first-order chi connectivity index (χ1) is 35.8. The summed E-state index contributed by atoms with van der Waals surface area (Å²) in [6.45, 7) is 10.7. The van der Waals surface area contributed by atoms with Gasteiger partial charge in [0, 0.05) is 17.8 Å². The van der Waals surface area contributed by atoms with Crippen LogP contribution in [0.1, 0.15) is 79.1 Å². The zero-order valence-electron chi connectivity index (χ0n) is 43.3. The maximum atomic E-state index is 11.6.